The molecule has 0 aliphatic carbocycles. The van der Waals surface area contributed by atoms with Crippen LogP contribution in [0.25, 0.3) is 11.0 Å². The molecule has 0 saturated heterocycles. The van der Waals surface area contributed by atoms with Gasteiger partial charge < -0.3 is 5.32 Å². The van der Waals surface area contributed by atoms with Gasteiger partial charge in [-0.1, -0.05) is 32.9 Å². The van der Waals surface area contributed by atoms with Crippen molar-refractivity contribution in [3.8, 4) is 0 Å². The van der Waals surface area contributed by atoms with E-state index in [1.165, 1.54) is 4.57 Å². The average Bonchev–Trinajstić information content (AvgIpc) is 2.87. The number of aromatic nitrogens is 2. The number of para-hydroxylation sites is 2. The number of hydrogen-bond donors (Lipinski definition) is 3. The third kappa shape index (κ3) is 4.53. The number of fused-ring (bicyclic) bond motifs is 1. The van der Waals surface area contributed by atoms with Crippen molar-refractivity contribution in [3.05, 3.63) is 34.7 Å². The first kappa shape index (κ1) is 21.5. The first-order valence-electron chi connectivity index (χ1n) is 8.51. The van der Waals surface area contributed by atoms with E-state index in [2.05, 4.69) is 10.4 Å². The topological polar surface area (TPSA) is 150 Å². The summed E-state index contributed by atoms with van der Waals surface area (Å²) in [5, 5.41) is 13.5. The largest absolute Gasteiger partial charge is 0.337 e. The molecule has 3 N–H and O–H groups in total. The third-order valence-corrected chi connectivity index (χ3v) is 5.18. The standard InChI is InChI=1S/C17H24N6O4S/c1-17(2,3)13(14(18)21-19)20-15(24)23-12-8-6-5-7-11(12)22(16(23)25)9-10-28(4,26)27/h5-8,13,18-19H,9-10H2,1-4H3,(H,20,24)/t13-/m1/s1. The Balaban J connectivity index is 2.53. The summed E-state index contributed by atoms with van der Waals surface area (Å²) in [5.74, 6) is -0.579. The van der Waals surface area contributed by atoms with Crippen molar-refractivity contribution in [1.82, 2.24) is 14.5 Å². The van der Waals surface area contributed by atoms with Gasteiger partial charge in [0.15, 0.2) is 5.84 Å². The highest BCUT2D eigenvalue weighted by Gasteiger charge is 2.32. The van der Waals surface area contributed by atoms with E-state index in [0.717, 1.165) is 10.8 Å². The summed E-state index contributed by atoms with van der Waals surface area (Å²) in [4.78, 5) is 25.8. The first-order valence-corrected chi connectivity index (χ1v) is 10.6. The summed E-state index contributed by atoms with van der Waals surface area (Å²) in [6.07, 6.45) is 1.08. The predicted molar refractivity (Wildman–Crippen MR) is 106 cm³/mol. The minimum Gasteiger partial charge on any atom is -0.327 e. The Labute approximate surface area is 162 Å². The van der Waals surface area contributed by atoms with Crippen LogP contribution in [-0.4, -0.2) is 47.5 Å². The number of nitrogens with one attached hydrogen (secondary N) is 3. The summed E-state index contributed by atoms with van der Waals surface area (Å²) in [6.45, 7) is 5.24. The highest BCUT2D eigenvalue weighted by atomic mass is 32.2. The minimum atomic E-state index is -3.30. The minimum absolute atomic E-state index is 0.0843. The van der Waals surface area contributed by atoms with Crippen LogP contribution < -0.4 is 11.0 Å². The van der Waals surface area contributed by atoms with Crippen LogP contribution in [0.1, 0.15) is 20.8 Å². The molecule has 10 nitrogen and oxygen atoms in total. The van der Waals surface area contributed by atoms with E-state index in [4.69, 9.17) is 10.9 Å². The number of benzene rings is 1. The van der Waals surface area contributed by atoms with Crippen LogP contribution in [0.4, 0.5) is 4.79 Å². The highest BCUT2D eigenvalue weighted by molar-refractivity contribution is 7.90. The Morgan fingerprint density at radius 1 is 1.25 bits per heavy atom. The van der Waals surface area contributed by atoms with Crippen LogP contribution in [0, 0.1) is 16.4 Å². The lowest BCUT2D eigenvalue weighted by atomic mass is 9.86. The Kier molecular flexibility index (Phi) is 5.88. The third-order valence-electron chi connectivity index (χ3n) is 4.25. The van der Waals surface area contributed by atoms with Crippen molar-refractivity contribution < 1.29 is 13.2 Å². The molecular weight excluding hydrogens is 384 g/mol. The van der Waals surface area contributed by atoms with Gasteiger partial charge >= 0.3 is 11.7 Å². The quantitative estimate of drug-likeness (QED) is 0.393. The molecule has 11 heteroatoms. The van der Waals surface area contributed by atoms with Crippen molar-refractivity contribution >= 4 is 32.7 Å². The summed E-state index contributed by atoms with van der Waals surface area (Å²) in [7, 11) is -3.30. The van der Waals surface area contributed by atoms with Crippen molar-refractivity contribution in [3.63, 3.8) is 0 Å². The van der Waals surface area contributed by atoms with Crippen LogP contribution >= 0.6 is 0 Å². The molecule has 0 saturated carbocycles. The summed E-state index contributed by atoms with van der Waals surface area (Å²) >= 11 is 0. The predicted octanol–water partition coefficient (Wildman–Crippen LogP) is 1.83. The van der Waals surface area contributed by atoms with Gasteiger partial charge in [-0.3, -0.25) is 9.98 Å². The molecule has 0 bridgehead atoms. The second-order valence-electron chi connectivity index (χ2n) is 7.63. The van der Waals surface area contributed by atoms with E-state index in [1.54, 1.807) is 45.0 Å². The van der Waals surface area contributed by atoms with Crippen LogP contribution in [0.5, 0.6) is 0 Å². The number of imidazole rings is 1. The van der Waals surface area contributed by atoms with Crippen molar-refractivity contribution in [2.75, 3.05) is 12.0 Å². The van der Waals surface area contributed by atoms with E-state index in [9.17, 15) is 18.0 Å². The molecular formula is C17H24N6O4S. The molecule has 1 aromatic carbocycles. The fourth-order valence-electron chi connectivity index (χ4n) is 2.83. The SMILES string of the molecule is CC(C)(C)[C@H](NC(=O)n1c(=O)n(CCS(C)(=O)=O)c2ccccc21)C(=N)N=N. The van der Waals surface area contributed by atoms with E-state index >= 15 is 0 Å². The first-order chi connectivity index (χ1) is 12.9. The van der Waals surface area contributed by atoms with Gasteiger partial charge in [-0.25, -0.2) is 28.1 Å². The van der Waals surface area contributed by atoms with Crippen LogP contribution in [0.3, 0.4) is 0 Å². The normalized spacial score (nSPS) is 13.3. The lowest BCUT2D eigenvalue weighted by Gasteiger charge is -2.29. The maximum atomic E-state index is 12.9. The smallest absolute Gasteiger partial charge is 0.327 e. The number of amides is 1. The summed E-state index contributed by atoms with van der Waals surface area (Å²) < 4.78 is 25.2. The van der Waals surface area contributed by atoms with Gasteiger partial charge in [-0.15, -0.1) is 5.11 Å². The van der Waals surface area contributed by atoms with Gasteiger partial charge in [0.25, 0.3) is 0 Å². The Hall–Kier alpha value is -2.82. The lowest BCUT2D eigenvalue weighted by molar-refractivity contribution is 0.231. The molecule has 2 rings (SSSR count). The number of aryl methyl sites for hydroxylation is 1. The number of amidine groups is 1. The molecule has 0 aliphatic heterocycles. The maximum absolute atomic E-state index is 12.9. The maximum Gasteiger partial charge on any atom is 0.337 e. The summed E-state index contributed by atoms with van der Waals surface area (Å²) in [5.41, 5.74) is 6.54. The zero-order valence-electron chi connectivity index (χ0n) is 16.2. The number of nitrogens with zero attached hydrogens (tertiary/aromatic N) is 3. The van der Waals surface area contributed by atoms with Gasteiger partial charge in [0, 0.05) is 12.8 Å². The molecule has 0 aliphatic rings. The summed E-state index contributed by atoms with van der Waals surface area (Å²) in [6, 6.07) is 4.91. The monoisotopic (exact) mass is 408 g/mol. The lowest BCUT2D eigenvalue weighted by Crippen LogP contribution is -2.51. The van der Waals surface area contributed by atoms with E-state index in [0.29, 0.717) is 11.0 Å². The highest BCUT2D eigenvalue weighted by Crippen LogP contribution is 2.21. The Morgan fingerprint density at radius 2 is 1.82 bits per heavy atom. The van der Waals surface area contributed by atoms with Crippen LogP contribution in [0.15, 0.2) is 34.2 Å². The molecule has 0 radical (unpaired) electrons. The molecule has 152 valence electrons. The van der Waals surface area contributed by atoms with Crippen LogP contribution in [0.2, 0.25) is 0 Å². The van der Waals surface area contributed by atoms with Crippen molar-refractivity contribution in [1.29, 1.82) is 10.9 Å². The second-order valence-corrected chi connectivity index (χ2v) is 9.89. The molecule has 28 heavy (non-hydrogen) atoms. The van der Waals surface area contributed by atoms with Crippen molar-refractivity contribution in [2.45, 2.75) is 33.4 Å². The zero-order valence-corrected chi connectivity index (χ0v) is 17.0. The Bertz CT molecular complexity index is 1090. The molecule has 1 amide bonds. The number of carbonyl (C=O) groups excluding carboxylic acids is 1. The fourth-order valence-corrected chi connectivity index (χ4v) is 3.34. The van der Waals surface area contributed by atoms with E-state index < -0.39 is 33.0 Å². The second kappa shape index (κ2) is 7.66. The van der Waals surface area contributed by atoms with Crippen molar-refractivity contribution in [2.24, 2.45) is 10.5 Å². The van der Waals surface area contributed by atoms with Gasteiger partial charge in [0.2, 0.25) is 0 Å². The number of rotatable bonds is 5. The molecule has 1 aromatic heterocycles. The van der Waals surface area contributed by atoms with E-state index in [1.807, 2.05) is 0 Å². The van der Waals surface area contributed by atoms with E-state index in [-0.39, 0.29) is 18.1 Å². The molecule has 1 atom stereocenters. The molecule has 1 heterocycles. The molecule has 0 unspecified atom stereocenters. The zero-order chi connectivity index (χ0) is 21.3. The number of hydrogen-bond acceptors (Lipinski definition) is 6. The van der Waals surface area contributed by atoms with Gasteiger partial charge in [0.1, 0.15) is 9.84 Å². The molecule has 0 spiro atoms. The average molecular weight is 408 g/mol. The van der Waals surface area contributed by atoms with Gasteiger partial charge in [-0.05, 0) is 17.5 Å². The fraction of sp³-hybridized carbons (Fsp3) is 0.471. The Morgan fingerprint density at radius 3 is 2.32 bits per heavy atom. The van der Waals surface area contributed by atoms with Gasteiger partial charge in [-0.2, -0.15) is 0 Å². The number of carbonyl (C=O) groups is 1. The molecule has 2 aromatic rings. The number of sulfone groups is 1. The molecule has 0 fully saturated rings. The van der Waals surface area contributed by atoms with Gasteiger partial charge in [0.05, 0.1) is 22.8 Å². The van der Waals surface area contributed by atoms with Crippen LogP contribution in [-0.2, 0) is 16.4 Å².